The SMILES string of the molecule is CCN(CC)S(=O)(=O)NCCCCC#N. The molecule has 15 heavy (non-hydrogen) atoms. The van der Waals surface area contributed by atoms with E-state index in [9.17, 15) is 8.42 Å². The summed E-state index contributed by atoms with van der Waals surface area (Å²) in [5, 5.41) is 8.29. The molecule has 1 N–H and O–H groups in total. The van der Waals surface area contributed by atoms with E-state index in [1.54, 1.807) is 13.8 Å². The molecule has 0 radical (unpaired) electrons. The van der Waals surface area contributed by atoms with Crippen molar-refractivity contribution < 1.29 is 8.42 Å². The molecule has 0 aromatic heterocycles. The van der Waals surface area contributed by atoms with Crippen molar-refractivity contribution in [2.45, 2.75) is 33.1 Å². The lowest BCUT2D eigenvalue weighted by atomic mass is 10.2. The Morgan fingerprint density at radius 1 is 1.27 bits per heavy atom. The van der Waals surface area contributed by atoms with E-state index in [2.05, 4.69) is 4.72 Å². The smallest absolute Gasteiger partial charge is 0.202 e. The summed E-state index contributed by atoms with van der Waals surface area (Å²) in [5.74, 6) is 0. The summed E-state index contributed by atoms with van der Waals surface area (Å²) in [6.07, 6.45) is 1.92. The molecule has 0 aromatic rings. The summed E-state index contributed by atoms with van der Waals surface area (Å²) in [5.41, 5.74) is 0. The fraction of sp³-hybridized carbons (Fsp3) is 0.889. The van der Waals surface area contributed by atoms with Gasteiger partial charge in [0.15, 0.2) is 0 Å². The Hall–Kier alpha value is -0.640. The van der Waals surface area contributed by atoms with Gasteiger partial charge >= 0.3 is 0 Å². The summed E-state index contributed by atoms with van der Waals surface area (Å²) in [7, 11) is -3.31. The number of nitrogens with one attached hydrogen (secondary N) is 1. The van der Waals surface area contributed by atoms with E-state index < -0.39 is 10.2 Å². The third-order valence-electron chi connectivity index (χ3n) is 2.05. The summed E-state index contributed by atoms with van der Waals surface area (Å²) >= 11 is 0. The minimum atomic E-state index is -3.31. The van der Waals surface area contributed by atoms with Crippen molar-refractivity contribution in [3.8, 4) is 6.07 Å². The molecule has 0 bridgehead atoms. The van der Waals surface area contributed by atoms with Crippen LogP contribution in [0, 0.1) is 11.3 Å². The van der Waals surface area contributed by atoms with Crippen LogP contribution >= 0.6 is 0 Å². The third kappa shape index (κ3) is 5.72. The Kier molecular flexibility index (Phi) is 7.30. The molecule has 6 heteroatoms. The highest BCUT2D eigenvalue weighted by molar-refractivity contribution is 7.87. The molecule has 5 nitrogen and oxygen atoms in total. The summed E-state index contributed by atoms with van der Waals surface area (Å²) in [4.78, 5) is 0. The molecule has 0 amide bonds. The quantitative estimate of drug-likeness (QED) is 0.632. The van der Waals surface area contributed by atoms with Crippen LogP contribution in [0.2, 0.25) is 0 Å². The first kappa shape index (κ1) is 14.4. The van der Waals surface area contributed by atoms with Crippen LogP contribution in [0.1, 0.15) is 33.1 Å². The number of hydrogen-bond donors (Lipinski definition) is 1. The van der Waals surface area contributed by atoms with E-state index in [-0.39, 0.29) is 0 Å². The summed E-state index contributed by atoms with van der Waals surface area (Å²) in [6, 6.07) is 2.02. The molecular weight excluding hydrogens is 214 g/mol. The van der Waals surface area contributed by atoms with Gasteiger partial charge in [0.1, 0.15) is 0 Å². The van der Waals surface area contributed by atoms with Gasteiger partial charge in [-0.15, -0.1) is 0 Å². The maximum Gasteiger partial charge on any atom is 0.279 e. The Balaban J connectivity index is 3.89. The minimum Gasteiger partial charge on any atom is -0.202 e. The highest BCUT2D eigenvalue weighted by atomic mass is 32.2. The lowest BCUT2D eigenvalue weighted by molar-refractivity contribution is 0.434. The van der Waals surface area contributed by atoms with Gasteiger partial charge in [-0.25, -0.2) is 4.72 Å². The molecule has 0 saturated heterocycles. The van der Waals surface area contributed by atoms with Crippen LogP contribution in [-0.2, 0) is 10.2 Å². The summed E-state index contributed by atoms with van der Waals surface area (Å²) in [6.45, 7) is 4.96. The Labute approximate surface area is 92.3 Å². The van der Waals surface area contributed by atoms with Crippen molar-refractivity contribution in [3.05, 3.63) is 0 Å². The lowest BCUT2D eigenvalue weighted by Gasteiger charge is -2.18. The molecule has 0 unspecified atom stereocenters. The number of rotatable bonds is 8. The predicted molar refractivity (Wildman–Crippen MR) is 59.3 cm³/mol. The van der Waals surface area contributed by atoms with Gasteiger partial charge in [-0.2, -0.15) is 18.0 Å². The van der Waals surface area contributed by atoms with Gasteiger partial charge in [-0.3, -0.25) is 0 Å². The van der Waals surface area contributed by atoms with E-state index in [1.165, 1.54) is 4.31 Å². The molecule has 0 rings (SSSR count). The van der Waals surface area contributed by atoms with Crippen LogP contribution in [0.4, 0.5) is 0 Å². The minimum absolute atomic E-state index is 0.403. The van der Waals surface area contributed by atoms with Crippen LogP contribution < -0.4 is 4.72 Å². The predicted octanol–water partition coefficient (Wildman–Crippen LogP) is 0.856. The highest BCUT2D eigenvalue weighted by Crippen LogP contribution is 1.98. The lowest BCUT2D eigenvalue weighted by Crippen LogP contribution is -2.40. The van der Waals surface area contributed by atoms with E-state index in [1.807, 2.05) is 6.07 Å². The molecule has 0 aliphatic carbocycles. The highest BCUT2D eigenvalue weighted by Gasteiger charge is 2.16. The average Bonchev–Trinajstić information content (AvgIpc) is 2.18. The van der Waals surface area contributed by atoms with Gasteiger partial charge in [0.25, 0.3) is 10.2 Å². The Morgan fingerprint density at radius 3 is 2.33 bits per heavy atom. The second-order valence-electron chi connectivity index (χ2n) is 3.10. The molecular formula is C9H19N3O2S. The monoisotopic (exact) mass is 233 g/mol. The molecule has 0 spiro atoms. The van der Waals surface area contributed by atoms with Gasteiger partial charge in [0.2, 0.25) is 0 Å². The maximum atomic E-state index is 11.6. The number of nitriles is 1. The zero-order valence-corrected chi connectivity index (χ0v) is 10.2. The number of unbranched alkanes of at least 4 members (excludes halogenated alkanes) is 2. The van der Waals surface area contributed by atoms with Crippen molar-refractivity contribution >= 4 is 10.2 Å². The average molecular weight is 233 g/mol. The van der Waals surface area contributed by atoms with Gasteiger partial charge in [-0.1, -0.05) is 13.8 Å². The van der Waals surface area contributed by atoms with Gasteiger partial charge < -0.3 is 0 Å². The number of nitrogens with zero attached hydrogens (tertiary/aromatic N) is 2. The largest absolute Gasteiger partial charge is 0.279 e. The van der Waals surface area contributed by atoms with Gasteiger partial charge in [-0.05, 0) is 12.8 Å². The third-order valence-corrected chi connectivity index (χ3v) is 3.81. The molecule has 0 atom stereocenters. The summed E-state index contributed by atoms with van der Waals surface area (Å²) < 4.78 is 27.0. The van der Waals surface area contributed by atoms with Crippen LogP contribution in [0.5, 0.6) is 0 Å². The fourth-order valence-corrected chi connectivity index (χ4v) is 2.45. The van der Waals surface area contributed by atoms with Crippen LogP contribution in [-0.4, -0.2) is 32.4 Å². The normalized spacial score (nSPS) is 11.6. The van der Waals surface area contributed by atoms with Crippen LogP contribution in [0.15, 0.2) is 0 Å². The molecule has 0 heterocycles. The molecule has 88 valence electrons. The van der Waals surface area contributed by atoms with Gasteiger partial charge in [0.05, 0.1) is 6.07 Å². The maximum absolute atomic E-state index is 11.6. The number of hydrogen-bond acceptors (Lipinski definition) is 3. The first-order valence-electron chi connectivity index (χ1n) is 5.20. The zero-order valence-electron chi connectivity index (χ0n) is 9.36. The van der Waals surface area contributed by atoms with E-state index in [0.29, 0.717) is 32.5 Å². The first-order chi connectivity index (χ1) is 7.08. The van der Waals surface area contributed by atoms with E-state index in [4.69, 9.17) is 5.26 Å². The molecule has 0 aromatic carbocycles. The molecule has 0 saturated carbocycles. The first-order valence-corrected chi connectivity index (χ1v) is 6.64. The molecule has 0 aliphatic rings. The van der Waals surface area contributed by atoms with Crippen LogP contribution in [0.3, 0.4) is 0 Å². The van der Waals surface area contributed by atoms with E-state index >= 15 is 0 Å². The van der Waals surface area contributed by atoms with Crippen LogP contribution in [0.25, 0.3) is 0 Å². The fourth-order valence-electron chi connectivity index (χ4n) is 1.19. The van der Waals surface area contributed by atoms with Crippen molar-refractivity contribution in [3.63, 3.8) is 0 Å². The van der Waals surface area contributed by atoms with Gasteiger partial charge in [0, 0.05) is 26.1 Å². The van der Waals surface area contributed by atoms with Crippen molar-refractivity contribution in [2.24, 2.45) is 0 Å². The molecule has 0 aliphatic heterocycles. The molecule has 0 fully saturated rings. The zero-order chi connectivity index (χ0) is 11.7. The van der Waals surface area contributed by atoms with E-state index in [0.717, 1.165) is 6.42 Å². The van der Waals surface area contributed by atoms with Crippen molar-refractivity contribution in [1.82, 2.24) is 9.03 Å². The Morgan fingerprint density at radius 2 is 1.87 bits per heavy atom. The van der Waals surface area contributed by atoms with Crippen molar-refractivity contribution in [1.29, 1.82) is 5.26 Å². The second-order valence-corrected chi connectivity index (χ2v) is 4.85. The standard InChI is InChI=1S/C9H19N3O2S/c1-3-12(4-2)15(13,14)11-9-7-5-6-8-10/h11H,3-7,9H2,1-2H3. The topological polar surface area (TPSA) is 73.2 Å². The Bertz CT molecular complexity index is 291. The second kappa shape index (κ2) is 7.63. The van der Waals surface area contributed by atoms with Crippen molar-refractivity contribution in [2.75, 3.05) is 19.6 Å².